The van der Waals surface area contributed by atoms with Gasteiger partial charge in [-0.15, -0.1) is 0 Å². The minimum Gasteiger partial charge on any atom is -0.504 e. The minimum atomic E-state index is 0.162. The first-order chi connectivity index (χ1) is 8.70. The topological polar surface area (TPSA) is 41.5 Å². The average molecular weight is 264 g/mol. The summed E-state index contributed by atoms with van der Waals surface area (Å²) in [6.07, 6.45) is 0. The van der Waals surface area contributed by atoms with E-state index in [1.165, 1.54) is 7.11 Å². The lowest BCUT2D eigenvalue weighted by Gasteiger charge is -2.10. The number of anilines is 1. The number of rotatable bonds is 4. The monoisotopic (exact) mass is 263 g/mol. The van der Waals surface area contributed by atoms with Crippen molar-refractivity contribution in [2.75, 3.05) is 12.4 Å². The summed E-state index contributed by atoms with van der Waals surface area (Å²) in [4.78, 5) is 0. The molecule has 0 aliphatic heterocycles. The van der Waals surface area contributed by atoms with Crippen LogP contribution in [0.1, 0.15) is 5.56 Å². The Hall–Kier alpha value is -1.87. The van der Waals surface area contributed by atoms with Gasteiger partial charge in [0, 0.05) is 22.8 Å². The molecular formula is C14H14ClNO2. The van der Waals surface area contributed by atoms with E-state index in [1.807, 2.05) is 36.4 Å². The summed E-state index contributed by atoms with van der Waals surface area (Å²) in [6.45, 7) is 0.503. The molecule has 0 atom stereocenters. The molecule has 0 bridgehead atoms. The van der Waals surface area contributed by atoms with Gasteiger partial charge in [-0.25, -0.2) is 0 Å². The van der Waals surface area contributed by atoms with Gasteiger partial charge in [0.2, 0.25) is 0 Å². The van der Waals surface area contributed by atoms with Crippen molar-refractivity contribution in [3.8, 4) is 11.5 Å². The van der Waals surface area contributed by atoms with Gasteiger partial charge in [0.05, 0.1) is 7.11 Å². The molecular weight excluding hydrogens is 250 g/mol. The first-order valence-electron chi connectivity index (χ1n) is 5.55. The smallest absolute Gasteiger partial charge is 0.162 e. The fraction of sp³-hybridized carbons (Fsp3) is 0.143. The molecule has 3 nitrogen and oxygen atoms in total. The fourth-order valence-electron chi connectivity index (χ4n) is 1.67. The predicted molar refractivity (Wildman–Crippen MR) is 73.4 cm³/mol. The van der Waals surface area contributed by atoms with E-state index in [0.29, 0.717) is 17.3 Å². The van der Waals surface area contributed by atoms with E-state index in [2.05, 4.69) is 5.32 Å². The normalized spacial score (nSPS) is 10.1. The van der Waals surface area contributed by atoms with Crippen LogP contribution < -0.4 is 10.1 Å². The van der Waals surface area contributed by atoms with Gasteiger partial charge in [-0.05, 0) is 24.3 Å². The molecule has 0 aliphatic carbocycles. The maximum absolute atomic E-state index is 9.93. The number of aromatic hydroxyl groups is 1. The minimum absolute atomic E-state index is 0.162. The zero-order chi connectivity index (χ0) is 13.0. The van der Waals surface area contributed by atoms with Crippen molar-refractivity contribution in [2.45, 2.75) is 6.54 Å². The lowest BCUT2D eigenvalue weighted by Crippen LogP contribution is -2.00. The Balaban J connectivity index is 2.11. The van der Waals surface area contributed by atoms with Crippen LogP contribution in [0.3, 0.4) is 0 Å². The molecule has 0 unspecified atom stereocenters. The Labute approximate surface area is 111 Å². The highest BCUT2D eigenvalue weighted by Gasteiger charge is 2.06. The van der Waals surface area contributed by atoms with E-state index in [-0.39, 0.29) is 5.75 Å². The molecule has 4 heteroatoms. The Morgan fingerprint density at radius 1 is 1.22 bits per heavy atom. The maximum atomic E-state index is 9.93. The van der Waals surface area contributed by atoms with Crippen molar-refractivity contribution in [2.24, 2.45) is 0 Å². The second kappa shape index (κ2) is 5.65. The Kier molecular flexibility index (Phi) is 3.95. The highest BCUT2D eigenvalue weighted by atomic mass is 35.5. The number of methoxy groups -OCH3 is 1. The van der Waals surface area contributed by atoms with Gasteiger partial charge in [0.15, 0.2) is 11.5 Å². The zero-order valence-electron chi connectivity index (χ0n) is 9.98. The lowest BCUT2D eigenvalue weighted by molar-refractivity contribution is 0.371. The van der Waals surface area contributed by atoms with Gasteiger partial charge < -0.3 is 15.2 Å². The van der Waals surface area contributed by atoms with Gasteiger partial charge in [0.25, 0.3) is 0 Å². The Bertz CT molecular complexity index is 543. The van der Waals surface area contributed by atoms with Crippen molar-refractivity contribution in [3.05, 3.63) is 53.1 Å². The summed E-state index contributed by atoms with van der Waals surface area (Å²) in [5.74, 6) is 0.634. The van der Waals surface area contributed by atoms with E-state index in [9.17, 15) is 5.11 Å². The predicted octanol–water partition coefficient (Wildman–Crippen LogP) is 3.67. The molecule has 18 heavy (non-hydrogen) atoms. The van der Waals surface area contributed by atoms with Crippen molar-refractivity contribution < 1.29 is 9.84 Å². The van der Waals surface area contributed by atoms with Crippen LogP contribution in [0.25, 0.3) is 0 Å². The molecule has 0 heterocycles. The summed E-state index contributed by atoms with van der Waals surface area (Å²) in [6, 6.07) is 12.8. The van der Waals surface area contributed by atoms with Crippen molar-refractivity contribution in [1.29, 1.82) is 0 Å². The molecule has 2 aromatic rings. The van der Waals surface area contributed by atoms with Crippen LogP contribution in [-0.4, -0.2) is 12.2 Å². The highest BCUT2D eigenvalue weighted by molar-refractivity contribution is 6.30. The number of halogens is 1. The van der Waals surface area contributed by atoms with Gasteiger partial charge in [-0.3, -0.25) is 0 Å². The summed E-state index contributed by atoms with van der Waals surface area (Å²) < 4.78 is 5.06. The molecule has 0 fully saturated rings. The number of hydrogen-bond donors (Lipinski definition) is 2. The van der Waals surface area contributed by atoms with Crippen LogP contribution >= 0.6 is 11.6 Å². The van der Waals surface area contributed by atoms with Crippen LogP contribution in [0.5, 0.6) is 11.5 Å². The molecule has 2 rings (SSSR count). The summed E-state index contributed by atoms with van der Waals surface area (Å²) in [5, 5.41) is 13.8. The van der Waals surface area contributed by atoms with E-state index in [1.54, 1.807) is 6.07 Å². The third-order valence-corrected chi connectivity index (χ3v) is 2.85. The number of hydrogen-bond acceptors (Lipinski definition) is 3. The zero-order valence-corrected chi connectivity index (χ0v) is 10.7. The van der Waals surface area contributed by atoms with Crippen LogP contribution in [0, 0.1) is 0 Å². The quantitative estimate of drug-likeness (QED) is 0.884. The van der Waals surface area contributed by atoms with E-state index in [0.717, 1.165) is 11.3 Å². The van der Waals surface area contributed by atoms with Crippen LogP contribution in [-0.2, 0) is 6.54 Å². The second-order valence-corrected chi connectivity index (χ2v) is 4.27. The fourth-order valence-corrected chi connectivity index (χ4v) is 1.86. The molecule has 2 N–H and O–H groups in total. The third-order valence-electron chi connectivity index (χ3n) is 2.61. The number of nitrogens with one attached hydrogen (secondary N) is 1. The SMILES string of the molecule is COc1cccc(CNc2cccc(Cl)c2)c1O. The standard InChI is InChI=1S/C14H14ClNO2/c1-18-13-7-2-4-10(14(13)17)9-16-12-6-3-5-11(15)8-12/h2-8,16-17H,9H2,1H3. The summed E-state index contributed by atoms with van der Waals surface area (Å²) >= 11 is 5.90. The first kappa shape index (κ1) is 12.6. The number of ether oxygens (including phenoxy) is 1. The molecule has 2 aromatic carbocycles. The van der Waals surface area contributed by atoms with Gasteiger partial charge in [-0.1, -0.05) is 29.8 Å². The van der Waals surface area contributed by atoms with Gasteiger partial charge in [-0.2, -0.15) is 0 Å². The maximum Gasteiger partial charge on any atom is 0.162 e. The van der Waals surface area contributed by atoms with Crippen molar-refractivity contribution in [1.82, 2.24) is 0 Å². The van der Waals surface area contributed by atoms with E-state index < -0.39 is 0 Å². The molecule has 0 aromatic heterocycles. The number of para-hydroxylation sites is 1. The largest absolute Gasteiger partial charge is 0.504 e. The van der Waals surface area contributed by atoms with E-state index in [4.69, 9.17) is 16.3 Å². The molecule has 0 radical (unpaired) electrons. The lowest BCUT2D eigenvalue weighted by atomic mass is 10.2. The molecule has 0 saturated carbocycles. The second-order valence-electron chi connectivity index (χ2n) is 3.83. The number of phenols is 1. The van der Waals surface area contributed by atoms with Crippen LogP contribution in [0.15, 0.2) is 42.5 Å². The Morgan fingerprint density at radius 2 is 2.00 bits per heavy atom. The number of benzene rings is 2. The molecule has 0 amide bonds. The van der Waals surface area contributed by atoms with Crippen molar-refractivity contribution in [3.63, 3.8) is 0 Å². The number of phenolic OH excluding ortho intramolecular Hbond substituents is 1. The van der Waals surface area contributed by atoms with Crippen LogP contribution in [0.4, 0.5) is 5.69 Å². The van der Waals surface area contributed by atoms with Crippen LogP contribution in [0.2, 0.25) is 5.02 Å². The molecule has 0 saturated heterocycles. The summed E-state index contributed by atoms with van der Waals surface area (Å²) in [5.41, 5.74) is 1.68. The Morgan fingerprint density at radius 3 is 2.72 bits per heavy atom. The molecule has 0 spiro atoms. The highest BCUT2D eigenvalue weighted by Crippen LogP contribution is 2.29. The van der Waals surface area contributed by atoms with Crippen molar-refractivity contribution >= 4 is 17.3 Å². The van der Waals surface area contributed by atoms with E-state index >= 15 is 0 Å². The van der Waals surface area contributed by atoms with Gasteiger partial charge >= 0.3 is 0 Å². The average Bonchev–Trinajstić information content (AvgIpc) is 2.38. The van der Waals surface area contributed by atoms with Gasteiger partial charge in [0.1, 0.15) is 0 Å². The summed E-state index contributed by atoms with van der Waals surface area (Å²) in [7, 11) is 1.53. The first-order valence-corrected chi connectivity index (χ1v) is 5.93. The molecule has 0 aliphatic rings. The third kappa shape index (κ3) is 2.87. The molecule has 94 valence electrons.